The van der Waals surface area contributed by atoms with Crippen LogP contribution in [0.15, 0.2) is 0 Å². The van der Waals surface area contributed by atoms with Crippen molar-refractivity contribution in [3.8, 4) is 0 Å². The predicted octanol–water partition coefficient (Wildman–Crippen LogP) is 0.343. The second kappa shape index (κ2) is 5.03. The van der Waals surface area contributed by atoms with Gasteiger partial charge in [0.2, 0.25) is 0 Å². The Kier molecular flexibility index (Phi) is 4.57. The van der Waals surface area contributed by atoms with Crippen LogP contribution in [0.4, 0.5) is 26.3 Å². The van der Waals surface area contributed by atoms with E-state index < -0.39 is 37.3 Å². The van der Waals surface area contributed by atoms with Gasteiger partial charge in [-0.15, -0.1) is 0 Å². The Balaban J connectivity index is 3.79. The lowest BCUT2D eigenvalue weighted by atomic mass is 10.5. The van der Waals surface area contributed by atoms with Gasteiger partial charge in [0.15, 0.2) is 0 Å². The number of carbonyl (C=O) groups is 2. The molecule has 16 heavy (non-hydrogen) atoms. The van der Waals surface area contributed by atoms with Crippen LogP contribution in [0.3, 0.4) is 0 Å². The summed E-state index contributed by atoms with van der Waals surface area (Å²) in [5, 5.41) is 2.57. The van der Waals surface area contributed by atoms with Crippen molar-refractivity contribution in [2.24, 2.45) is 0 Å². The number of halogens is 6. The molecule has 0 rings (SSSR count). The standard InChI is InChI=1S/C6H6F6N2O2/c7-5(8,9)3(15)13-1-2-14-4(16)6(10,11)12/h1-2H2,(H,13,15)(H,14,16). The Morgan fingerprint density at radius 2 is 1.00 bits per heavy atom. The van der Waals surface area contributed by atoms with Crippen molar-refractivity contribution in [1.29, 1.82) is 0 Å². The molecule has 0 bridgehead atoms. The second-order valence-electron chi connectivity index (χ2n) is 2.51. The molecule has 4 nitrogen and oxygen atoms in total. The Labute approximate surface area is 85.0 Å². The smallest absolute Gasteiger partial charge is 0.347 e. The highest BCUT2D eigenvalue weighted by Gasteiger charge is 2.39. The maximum absolute atomic E-state index is 11.5. The molecule has 0 unspecified atom stereocenters. The molecule has 0 saturated heterocycles. The number of nitrogens with one attached hydrogen (secondary N) is 2. The minimum absolute atomic E-state index is 0.750. The summed E-state index contributed by atoms with van der Waals surface area (Å²) in [6, 6.07) is 0. The summed E-state index contributed by atoms with van der Waals surface area (Å²) in [6.07, 6.45) is -10.2. The SMILES string of the molecule is O=C(NCCNC(=O)C(F)(F)F)C(F)(F)F. The average molecular weight is 252 g/mol. The molecular formula is C6H6F6N2O2. The number of alkyl halides is 6. The summed E-state index contributed by atoms with van der Waals surface area (Å²) in [6.45, 7) is -1.50. The van der Waals surface area contributed by atoms with Gasteiger partial charge in [-0.25, -0.2) is 0 Å². The third-order valence-electron chi connectivity index (χ3n) is 1.21. The molecule has 0 aliphatic heterocycles. The molecule has 0 aromatic carbocycles. The summed E-state index contributed by atoms with van der Waals surface area (Å²) in [7, 11) is 0. The van der Waals surface area contributed by atoms with Crippen molar-refractivity contribution in [2.45, 2.75) is 12.4 Å². The van der Waals surface area contributed by atoms with Crippen LogP contribution in [0, 0.1) is 0 Å². The van der Waals surface area contributed by atoms with E-state index >= 15 is 0 Å². The molecule has 0 heterocycles. The highest BCUT2D eigenvalue weighted by molar-refractivity contribution is 5.82. The molecular weight excluding hydrogens is 246 g/mol. The van der Waals surface area contributed by atoms with Gasteiger partial charge in [0.1, 0.15) is 0 Å². The van der Waals surface area contributed by atoms with Crippen LogP contribution in [0.2, 0.25) is 0 Å². The van der Waals surface area contributed by atoms with E-state index in [-0.39, 0.29) is 0 Å². The summed E-state index contributed by atoms with van der Waals surface area (Å²) >= 11 is 0. The summed E-state index contributed by atoms with van der Waals surface area (Å²) in [5.41, 5.74) is 0. The highest BCUT2D eigenvalue weighted by atomic mass is 19.4. The second-order valence-corrected chi connectivity index (χ2v) is 2.51. The molecule has 0 radical (unpaired) electrons. The van der Waals surface area contributed by atoms with Gasteiger partial charge in [0.25, 0.3) is 0 Å². The van der Waals surface area contributed by atoms with E-state index in [9.17, 15) is 35.9 Å². The van der Waals surface area contributed by atoms with Gasteiger partial charge in [-0.2, -0.15) is 26.3 Å². The number of amides is 2. The molecule has 0 saturated carbocycles. The van der Waals surface area contributed by atoms with Crippen LogP contribution < -0.4 is 10.6 Å². The molecule has 0 atom stereocenters. The van der Waals surface area contributed by atoms with E-state index in [2.05, 4.69) is 0 Å². The van der Waals surface area contributed by atoms with Gasteiger partial charge in [-0.3, -0.25) is 9.59 Å². The Morgan fingerprint density at radius 1 is 0.750 bits per heavy atom. The molecule has 0 aromatic rings. The Morgan fingerprint density at radius 3 is 1.19 bits per heavy atom. The minimum atomic E-state index is -5.10. The van der Waals surface area contributed by atoms with Crippen LogP contribution >= 0.6 is 0 Å². The zero-order chi connectivity index (χ0) is 13.0. The molecule has 0 spiro atoms. The first-order chi connectivity index (χ1) is 7.05. The largest absolute Gasteiger partial charge is 0.471 e. The number of hydrogen-bond acceptors (Lipinski definition) is 2. The van der Waals surface area contributed by atoms with Crippen LogP contribution in [0.25, 0.3) is 0 Å². The van der Waals surface area contributed by atoms with Crippen molar-refractivity contribution in [3.63, 3.8) is 0 Å². The third kappa shape index (κ3) is 5.41. The lowest BCUT2D eigenvalue weighted by molar-refractivity contribution is -0.174. The van der Waals surface area contributed by atoms with Crippen LogP contribution in [0.5, 0.6) is 0 Å². The van der Waals surface area contributed by atoms with E-state index in [1.807, 2.05) is 0 Å². The van der Waals surface area contributed by atoms with Crippen molar-refractivity contribution in [2.75, 3.05) is 13.1 Å². The Bertz CT molecular complexity index is 243. The molecule has 10 heteroatoms. The normalized spacial score (nSPS) is 12.1. The molecule has 2 amide bonds. The van der Waals surface area contributed by atoms with Gasteiger partial charge < -0.3 is 10.6 Å². The van der Waals surface area contributed by atoms with Crippen LogP contribution in [-0.2, 0) is 9.59 Å². The van der Waals surface area contributed by atoms with Crippen molar-refractivity contribution in [3.05, 3.63) is 0 Å². The Hall–Kier alpha value is -1.48. The first-order valence-electron chi connectivity index (χ1n) is 3.75. The number of hydrogen-bond donors (Lipinski definition) is 2. The molecule has 0 fully saturated rings. The average Bonchev–Trinajstić information content (AvgIpc) is 2.08. The number of carbonyl (C=O) groups excluding carboxylic acids is 2. The molecule has 2 N–H and O–H groups in total. The fourth-order valence-electron chi connectivity index (χ4n) is 0.553. The maximum atomic E-state index is 11.5. The summed E-state index contributed by atoms with van der Waals surface area (Å²) in [5.74, 6) is -4.57. The molecule has 94 valence electrons. The van der Waals surface area contributed by atoms with E-state index in [1.54, 1.807) is 0 Å². The predicted molar refractivity (Wildman–Crippen MR) is 38.1 cm³/mol. The van der Waals surface area contributed by atoms with E-state index in [0.717, 1.165) is 0 Å². The first kappa shape index (κ1) is 14.5. The lowest BCUT2D eigenvalue weighted by Crippen LogP contribution is -2.44. The number of rotatable bonds is 3. The fourth-order valence-corrected chi connectivity index (χ4v) is 0.553. The summed E-state index contributed by atoms with van der Waals surface area (Å²) < 4.78 is 69.3. The van der Waals surface area contributed by atoms with Crippen LogP contribution in [-0.4, -0.2) is 37.3 Å². The topological polar surface area (TPSA) is 58.2 Å². The lowest BCUT2D eigenvalue weighted by Gasteiger charge is -2.09. The van der Waals surface area contributed by atoms with Gasteiger partial charge in [0, 0.05) is 13.1 Å². The van der Waals surface area contributed by atoms with Crippen molar-refractivity contribution in [1.82, 2.24) is 10.6 Å². The minimum Gasteiger partial charge on any atom is -0.347 e. The molecule has 0 aliphatic carbocycles. The van der Waals surface area contributed by atoms with Gasteiger partial charge in [-0.05, 0) is 0 Å². The zero-order valence-electron chi connectivity index (χ0n) is 7.50. The van der Waals surface area contributed by atoms with Crippen molar-refractivity contribution < 1.29 is 35.9 Å². The maximum Gasteiger partial charge on any atom is 0.471 e. The van der Waals surface area contributed by atoms with E-state index in [1.165, 1.54) is 10.6 Å². The third-order valence-corrected chi connectivity index (χ3v) is 1.21. The molecule has 0 aromatic heterocycles. The molecule has 0 aliphatic rings. The fraction of sp³-hybridized carbons (Fsp3) is 0.667. The van der Waals surface area contributed by atoms with Gasteiger partial charge in [-0.1, -0.05) is 0 Å². The van der Waals surface area contributed by atoms with Crippen molar-refractivity contribution >= 4 is 11.8 Å². The van der Waals surface area contributed by atoms with E-state index in [4.69, 9.17) is 0 Å². The monoisotopic (exact) mass is 252 g/mol. The zero-order valence-corrected chi connectivity index (χ0v) is 7.50. The highest BCUT2D eigenvalue weighted by Crippen LogP contribution is 2.14. The first-order valence-corrected chi connectivity index (χ1v) is 3.75. The van der Waals surface area contributed by atoms with Gasteiger partial charge >= 0.3 is 24.2 Å². The van der Waals surface area contributed by atoms with Gasteiger partial charge in [0.05, 0.1) is 0 Å². The quantitative estimate of drug-likeness (QED) is 0.562. The summed E-state index contributed by atoms with van der Waals surface area (Å²) in [4.78, 5) is 20.3. The van der Waals surface area contributed by atoms with E-state index in [0.29, 0.717) is 0 Å². The van der Waals surface area contributed by atoms with Crippen LogP contribution in [0.1, 0.15) is 0 Å².